The molecule has 1 atom stereocenters. The Hall–Kier alpha value is -1.81. The maximum Gasteiger partial charge on any atom is 0.126 e. The van der Waals surface area contributed by atoms with Crippen LogP contribution in [0.3, 0.4) is 0 Å². The molecule has 0 saturated carbocycles. The molecule has 2 aromatic rings. The molecular formula is C13H11N3S. The number of nitrogens with one attached hydrogen (secondary N) is 1. The second-order valence-electron chi connectivity index (χ2n) is 3.69. The Bertz CT molecular complexity index is 525. The average Bonchev–Trinajstić information content (AvgIpc) is 2.90. The van der Waals surface area contributed by atoms with E-state index in [9.17, 15) is 0 Å². The summed E-state index contributed by atoms with van der Waals surface area (Å²) < 4.78 is 0. The molecule has 0 bridgehead atoms. The Kier molecular flexibility index (Phi) is 2.80. The maximum atomic E-state index is 4.37. The number of hydrazone groups is 1. The molecule has 2 heterocycles. The van der Waals surface area contributed by atoms with Gasteiger partial charge in [0.25, 0.3) is 0 Å². The number of hydrogen-bond donors (Lipinski definition) is 1. The van der Waals surface area contributed by atoms with Gasteiger partial charge < -0.3 is 0 Å². The molecule has 84 valence electrons. The highest BCUT2D eigenvalue weighted by atomic mass is 32.2. The highest BCUT2D eigenvalue weighted by molar-refractivity contribution is 8.14. The summed E-state index contributed by atoms with van der Waals surface area (Å²) in [5.74, 6) is 0. The minimum absolute atomic E-state index is 0.188. The van der Waals surface area contributed by atoms with Crippen LogP contribution in [-0.2, 0) is 0 Å². The predicted molar refractivity (Wildman–Crippen MR) is 70.7 cm³/mol. The van der Waals surface area contributed by atoms with Crippen LogP contribution in [0.5, 0.6) is 0 Å². The summed E-state index contributed by atoms with van der Waals surface area (Å²) >= 11 is 1.73. The molecule has 0 aliphatic carbocycles. The zero-order chi connectivity index (χ0) is 11.5. The van der Waals surface area contributed by atoms with Crippen LogP contribution in [0.4, 0.5) is 0 Å². The van der Waals surface area contributed by atoms with E-state index in [0.717, 1.165) is 10.6 Å². The Morgan fingerprint density at radius 1 is 1.00 bits per heavy atom. The molecule has 0 amide bonds. The van der Waals surface area contributed by atoms with Gasteiger partial charge in [0.15, 0.2) is 0 Å². The Morgan fingerprint density at radius 3 is 2.53 bits per heavy atom. The predicted octanol–water partition coefficient (Wildman–Crippen LogP) is 2.78. The molecule has 0 saturated heterocycles. The van der Waals surface area contributed by atoms with E-state index < -0.39 is 0 Å². The van der Waals surface area contributed by atoms with Crippen LogP contribution >= 0.6 is 11.8 Å². The van der Waals surface area contributed by atoms with Gasteiger partial charge in [-0.2, -0.15) is 5.10 Å². The van der Waals surface area contributed by atoms with E-state index >= 15 is 0 Å². The number of aromatic nitrogens is 1. The van der Waals surface area contributed by atoms with Gasteiger partial charge in [-0.1, -0.05) is 42.1 Å². The fourth-order valence-electron chi connectivity index (χ4n) is 1.68. The van der Waals surface area contributed by atoms with Crippen molar-refractivity contribution in [1.82, 2.24) is 10.4 Å². The van der Waals surface area contributed by atoms with Crippen molar-refractivity contribution < 1.29 is 0 Å². The fraction of sp³-hybridized carbons (Fsp3) is 0.0769. The van der Waals surface area contributed by atoms with Crippen LogP contribution in [0.15, 0.2) is 60.0 Å². The topological polar surface area (TPSA) is 37.3 Å². The van der Waals surface area contributed by atoms with Crippen LogP contribution < -0.4 is 5.43 Å². The normalized spacial score (nSPS) is 18.6. The molecule has 1 aromatic heterocycles. The number of pyridine rings is 1. The average molecular weight is 241 g/mol. The van der Waals surface area contributed by atoms with Crippen LogP contribution in [0.1, 0.15) is 16.5 Å². The van der Waals surface area contributed by atoms with Crippen molar-refractivity contribution >= 4 is 16.8 Å². The fourth-order valence-corrected chi connectivity index (χ4v) is 2.68. The van der Waals surface area contributed by atoms with Crippen LogP contribution in [0.2, 0.25) is 0 Å². The van der Waals surface area contributed by atoms with E-state index in [0.29, 0.717) is 0 Å². The summed E-state index contributed by atoms with van der Waals surface area (Å²) in [6.07, 6.45) is 3.61. The summed E-state index contributed by atoms with van der Waals surface area (Å²) in [6, 6.07) is 14.2. The number of benzene rings is 1. The van der Waals surface area contributed by atoms with Crippen molar-refractivity contribution in [1.29, 1.82) is 0 Å². The van der Waals surface area contributed by atoms with Gasteiger partial charge in [-0.25, -0.2) is 0 Å². The molecule has 3 nitrogen and oxygen atoms in total. The first kappa shape index (κ1) is 10.4. The standard InChI is InChI=1S/C13H11N3S/c1-2-4-10(5-3-1)12-15-16-13(17-12)11-6-8-14-9-7-11/h1-9,13,16H/t13-/m0/s1. The van der Waals surface area contributed by atoms with Crippen LogP contribution in [-0.4, -0.2) is 10.0 Å². The molecular weight excluding hydrogens is 230 g/mol. The first-order valence-electron chi connectivity index (χ1n) is 5.39. The molecule has 3 rings (SSSR count). The quantitative estimate of drug-likeness (QED) is 0.878. The van der Waals surface area contributed by atoms with Gasteiger partial charge in [0, 0.05) is 18.0 Å². The Balaban J connectivity index is 1.78. The Morgan fingerprint density at radius 2 is 1.76 bits per heavy atom. The van der Waals surface area contributed by atoms with E-state index in [1.165, 1.54) is 5.56 Å². The van der Waals surface area contributed by atoms with E-state index in [4.69, 9.17) is 0 Å². The van der Waals surface area contributed by atoms with Gasteiger partial charge >= 0.3 is 0 Å². The van der Waals surface area contributed by atoms with E-state index in [2.05, 4.69) is 27.6 Å². The molecule has 1 aliphatic rings. The molecule has 0 fully saturated rings. The number of thioether (sulfide) groups is 1. The summed E-state index contributed by atoms with van der Waals surface area (Å²) in [4.78, 5) is 4.02. The second kappa shape index (κ2) is 4.59. The van der Waals surface area contributed by atoms with Crippen molar-refractivity contribution in [3.63, 3.8) is 0 Å². The maximum absolute atomic E-state index is 4.37. The lowest BCUT2D eigenvalue weighted by atomic mass is 10.2. The lowest BCUT2D eigenvalue weighted by molar-refractivity contribution is 0.742. The molecule has 0 unspecified atom stereocenters. The molecule has 0 radical (unpaired) electrons. The molecule has 4 heteroatoms. The summed E-state index contributed by atoms with van der Waals surface area (Å²) in [7, 11) is 0. The molecule has 1 aliphatic heterocycles. The van der Waals surface area contributed by atoms with E-state index in [-0.39, 0.29) is 5.37 Å². The zero-order valence-corrected chi connectivity index (χ0v) is 9.89. The lowest BCUT2D eigenvalue weighted by Gasteiger charge is -2.08. The SMILES string of the molecule is c1ccc(C2=NN[C@H](c3ccncc3)S2)cc1. The minimum atomic E-state index is 0.188. The Labute approximate surface area is 104 Å². The number of rotatable bonds is 2. The van der Waals surface area contributed by atoms with Crippen molar-refractivity contribution in [3.05, 3.63) is 66.0 Å². The van der Waals surface area contributed by atoms with Crippen LogP contribution in [0.25, 0.3) is 0 Å². The third kappa shape index (κ3) is 2.17. The molecule has 1 aromatic carbocycles. The van der Waals surface area contributed by atoms with Gasteiger partial charge in [0.2, 0.25) is 0 Å². The van der Waals surface area contributed by atoms with Crippen molar-refractivity contribution in [2.45, 2.75) is 5.37 Å². The van der Waals surface area contributed by atoms with Crippen molar-refractivity contribution in [3.8, 4) is 0 Å². The summed E-state index contributed by atoms with van der Waals surface area (Å²) in [5.41, 5.74) is 5.49. The highest BCUT2D eigenvalue weighted by Crippen LogP contribution is 2.33. The lowest BCUT2D eigenvalue weighted by Crippen LogP contribution is -2.06. The van der Waals surface area contributed by atoms with E-state index in [1.54, 1.807) is 24.2 Å². The third-order valence-electron chi connectivity index (χ3n) is 2.54. The zero-order valence-electron chi connectivity index (χ0n) is 9.08. The van der Waals surface area contributed by atoms with Crippen molar-refractivity contribution in [2.75, 3.05) is 0 Å². The summed E-state index contributed by atoms with van der Waals surface area (Å²) in [5, 5.41) is 5.60. The van der Waals surface area contributed by atoms with Crippen LogP contribution in [0, 0.1) is 0 Å². The van der Waals surface area contributed by atoms with Crippen molar-refractivity contribution in [2.24, 2.45) is 5.10 Å². The largest absolute Gasteiger partial charge is 0.291 e. The second-order valence-corrected chi connectivity index (χ2v) is 4.78. The van der Waals surface area contributed by atoms with Gasteiger partial charge in [-0.15, -0.1) is 0 Å². The molecule has 0 spiro atoms. The first-order chi connectivity index (χ1) is 8.43. The third-order valence-corrected chi connectivity index (χ3v) is 3.71. The van der Waals surface area contributed by atoms with E-state index in [1.807, 2.05) is 30.3 Å². The summed E-state index contributed by atoms with van der Waals surface area (Å²) in [6.45, 7) is 0. The highest BCUT2D eigenvalue weighted by Gasteiger charge is 2.21. The number of nitrogens with zero attached hydrogens (tertiary/aromatic N) is 2. The van der Waals surface area contributed by atoms with Gasteiger partial charge in [0.1, 0.15) is 10.4 Å². The first-order valence-corrected chi connectivity index (χ1v) is 6.27. The number of hydrogen-bond acceptors (Lipinski definition) is 4. The molecule has 17 heavy (non-hydrogen) atoms. The van der Waals surface area contributed by atoms with Gasteiger partial charge in [-0.3, -0.25) is 10.4 Å². The molecule has 1 N–H and O–H groups in total. The smallest absolute Gasteiger partial charge is 0.126 e. The van der Waals surface area contributed by atoms with Gasteiger partial charge in [-0.05, 0) is 17.7 Å². The minimum Gasteiger partial charge on any atom is -0.291 e. The van der Waals surface area contributed by atoms with Gasteiger partial charge in [0.05, 0.1) is 0 Å². The monoisotopic (exact) mass is 241 g/mol.